The first-order valence-corrected chi connectivity index (χ1v) is 3.85. The third kappa shape index (κ3) is 9.11. The van der Waals surface area contributed by atoms with E-state index in [0.717, 1.165) is 5.69 Å². The zero-order chi connectivity index (χ0) is 9.11. The van der Waals surface area contributed by atoms with E-state index in [1.165, 1.54) is 7.05 Å². The molecule has 0 aromatic carbocycles. The van der Waals surface area contributed by atoms with Gasteiger partial charge in [-0.05, 0) is 26.1 Å². The number of rotatable bonds is 0. The van der Waals surface area contributed by atoms with E-state index in [1.807, 2.05) is 39.0 Å². The molecule has 1 aromatic rings. The van der Waals surface area contributed by atoms with E-state index >= 15 is 0 Å². The van der Waals surface area contributed by atoms with Crippen molar-refractivity contribution in [1.82, 2.24) is 4.98 Å². The van der Waals surface area contributed by atoms with Crippen molar-refractivity contribution in [3.05, 3.63) is 30.1 Å². The molecule has 0 atom stereocenters. The van der Waals surface area contributed by atoms with Crippen LogP contribution in [0.3, 0.4) is 0 Å². The Morgan fingerprint density at radius 1 is 1.18 bits per heavy atom. The van der Waals surface area contributed by atoms with Gasteiger partial charge in [-0.15, -0.1) is 0 Å². The standard InChI is InChI=1S/C6H7N.C2H6.CH5N/c1-6-4-2-3-5-7-6;2*1-2/h2-5H,1H3;1-2H3;2H2,1H3. The Kier molecular flexibility index (Phi) is 13.7. The van der Waals surface area contributed by atoms with E-state index in [4.69, 9.17) is 0 Å². The number of aromatic nitrogens is 1. The van der Waals surface area contributed by atoms with E-state index in [9.17, 15) is 0 Å². The summed E-state index contributed by atoms with van der Waals surface area (Å²) in [6.45, 7) is 5.97. The third-order valence-corrected chi connectivity index (χ3v) is 0.813. The quantitative estimate of drug-likeness (QED) is 0.620. The van der Waals surface area contributed by atoms with Gasteiger partial charge in [0, 0.05) is 11.9 Å². The molecule has 0 aliphatic heterocycles. The van der Waals surface area contributed by atoms with Gasteiger partial charge in [0.05, 0.1) is 0 Å². The molecule has 0 saturated carbocycles. The molecule has 64 valence electrons. The molecule has 0 spiro atoms. The molecule has 2 N–H and O–H groups in total. The van der Waals surface area contributed by atoms with Crippen molar-refractivity contribution in [2.75, 3.05) is 7.05 Å². The van der Waals surface area contributed by atoms with E-state index < -0.39 is 0 Å². The summed E-state index contributed by atoms with van der Waals surface area (Å²) in [7, 11) is 1.50. The molecule has 0 aliphatic carbocycles. The van der Waals surface area contributed by atoms with Gasteiger partial charge in [0.1, 0.15) is 0 Å². The van der Waals surface area contributed by atoms with Gasteiger partial charge in [0.15, 0.2) is 0 Å². The highest BCUT2D eigenvalue weighted by Gasteiger charge is 1.73. The Bertz CT molecular complexity index is 137. The molecule has 1 aromatic heterocycles. The summed E-state index contributed by atoms with van der Waals surface area (Å²) < 4.78 is 0. The Morgan fingerprint density at radius 2 is 1.73 bits per heavy atom. The number of nitrogens with two attached hydrogens (primary N) is 1. The van der Waals surface area contributed by atoms with Crippen LogP contribution in [0.2, 0.25) is 0 Å². The first-order chi connectivity index (χ1) is 5.39. The molecular weight excluding hydrogens is 136 g/mol. The van der Waals surface area contributed by atoms with E-state index in [-0.39, 0.29) is 0 Å². The number of hydrogen-bond donors (Lipinski definition) is 1. The second kappa shape index (κ2) is 11.9. The fourth-order valence-corrected chi connectivity index (χ4v) is 0.448. The maximum absolute atomic E-state index is 4.50. The Hall–Kier alpha value is -0.890. The zero-order valence-electron chi connectivity index (χ0n) is 7.83. The van der Waals surface area contributed by atoms with E-state index in [1.54, 1.807) is 6.20 Å². The minimum absolute atomic E-state index is 1.07. The van der Waals surface area contributed by atoms with Crippen LogP contribution in [0, 0.1) is 6.92 Å². The monoisotopic (exact) mass is 154 g/mol. The van der Waals surface area contributed by atoms with Crippen molar-refractivity contribution in [3.63, 3.8) is 0 Å². The lowest BCUT2D eigenvalue weighted by Crippen LogP contribution is -1.72. The summed E-state index contributed by atoms with van der Waals surface area (Å²) in [5.74, 6) is 0. The molecule has 0 fully saturated rings. The number of nitrogens with zero attached hydrogens (tertiary/aromatic N) is 1. The topological polar surface area (TPSA) is 38.9 Å². The lowest BCUT2D eigenvalue weighted by molar-refractivity contribution is 1.20. The summed E-state index contributed by atoms with van der Waals surface area (Å²) >= 11 is 0. The lowest BCUT2D eigenvalue weighted by Gasteiger charge is -1.82. The molecule has 0 saturated heterocycles. The first kappa shape index (κ1) is 12.8. The van der Waals surface area contributed by atoms with Crippen LogP contribution in [-0.2, 0) is 0 Å². The highest BCUT2D eigenvalue weighted by Crippen LogP contribution is 1.85. The van der Waals surface area contributed by atoms with Gasteiger partial charge < -0.3 is 5.73 Å². The summed E-state index contributed by atoms with van der Waals surface area (Å²) in [6, 6.07) is 5.86. The van der Waals surface area contributed by atoms with Gasteiger partial charge in [-0.2, -0.15) is 0 Å². The van der Waals surface area contributed by atoms with Crippen LogP contribution < -0.4 is 5.73 Å². The number of aryl methyl sites for hydroxylation is 1. The van der Waals surface area contributed by atoms with Gasteiger partial charge in [-0.1, -0.05) is 19.9 Å². The third-order valence-electron chi connectivity index (χ3n) is 0.813. The number of hydrogen-bond acceptors (Lipinski definition) is 2. The van der Waals surface area contributed by atoms with Crippen LogP contribution in [0.4, 0.5) is 0 Å². The predicted molar refractivity (Wildman–Crippen MR) is 50.4 cm³/mol. The summed E-state index contributed by atoms with van der Waals surface area (Å²) in [5.41, 5.74) is 5.57. The average molecular weight is 154 g/mol. The highest BCUT2D eigenvalue weighted by atomic mass is 14.6. The minimum atomic E-state index is 1.07. The highest BCUT2D eigenvalue weighted by molar-refractivity contribution is 4.99. The largest absolute Gasteiger partial charge is 0.333 e. The summed E-state index contributed by atoms with van der Waals surface area (Å²) in [6.07, 6.45) is 1.79. The van der Waals surface area contributed by atoms with Crippen molar-refractivity contribution in [2.24, 2.45) is 5.73 Å². The molecule has 2 heteroatoms. The van der Waals surface area contributed by atoms with Crippen LogP contribution in [-0.4, -0.2) is 12.0 Å². The minimum Gasteiger partial charge on any atom is -0.333 e. The van der Waals surface area contributed by atoms with Gasteiger partial charge >= 0.3 is 0 Å². The molecule has 0 radical (unpaired) electrons. The molecular formula is C9H18N2. The Labute approximate surface area is 69.5 Å². The molecule has 0 unspecified atom stereocenters. The lowest BCUT2D eigenvalue weighted by atomic mass is 10.4. The maximum Gasteiger partial charge on any atom is 0.0372 e. The predicted octanol–water partition coefficient (Wildman–Crippen LogP) is 1.99. The molecule has 0 aliphatic rings. The molecule has 1 heterocycles. The van der Waals surface area contributed by atoms with Crippen LogP contribution in [0.15, 0.2) is 24.4 Å². The van der Waals surface area contributed by atoms with Crippen molar-refractivity contribution < 1.29 is 0 Å². The first-order valence-electron chi connectivity index (χ1n) is 3.85. The molecule has 11 heavy (non-hydrogen) atoms. The fraction of sp³-hybridized carbons (Fsp3) is 0.444. The summed E-state index contributed by atoms with van der Waals surface area (Å²) in [4.78, 5) is 3.98. The van der Waals surface area contributed by atoms with Gasteiger partial charge in [-0.25, -0.2) is 0 Å². The smallest absolute Gasteiger partial charge is 0.0372 e. The average Bonchev–Trinajstić information content (AvgIpc) is 2.13. The van der Waals surface area contributed by atoms with Gasteiger partial charge in [-0.3, -0.25) is 4.98 Å². The summed E-state index contributed by atoms with van der Waals surface area (Å²) in [5, 5.41) is 0. The molecule has 0 bridgehead atoms. The van der Waals surface area contributed by atoms with Crippen LogP contribution in [0.5, 0.6) is 0 Å². The Morgan fingerprint density at radius 3 is 1.91 bits per heavy atom. The zero-order valence-corrected chi connectivity index (χ0v) is 7.83. The van der Waals surface area contributed by atoms with E-state index in [0.29, 0.717) is 0 Å². The number of pyridine rings is 1. The van der Waals surface area contributed by atoms with Gasteiger partial charge in [0.2, 0.25) is 0 Å². The molecule has 2 nitrogen and oxygen atoms in total. The second-order valence-electron chi connectivity index (χ2n) is 1.47. The van der Waals surface area contributed by atoms with Crippen LogP contribution >= 0.6 is 0 Å². The Balaban J connectivity index is 0. The van der Waals surface area contributed by atoms with Crippen molar-refractivity contribution in [1.29, 1.82) is 0 Å². The van der Waals surface area contributed by atoms with E-state index in [2.05, 4.69) is 10.7 Å². The van der Waals surface area contributed by atoms with Crippen LogP contribution in [0.25, 0.3) is 0 Å². The van der Waals surface area contributed by atoms with Crippen LogP contribution in [0.1, 0.15) is 19.5 Å². The normalized spacial score (nSPS) is 6.64. The second-order valence-corrected chi connectivity index (χ2v) is 1.47. The van der Waals surface area contributed by atoms with Crippen molar-refractivity contribution in [2.45, 2.75) is 20.8 Å². The SMILES string of the molecule is CC.CN.Cc1ccccn1. The molecule has 0 amide bonds. The molecule has 1 rings (SSSR count). The fourth-order valence-electron chi connectivity index (χ4n) is 0.448. The van der Waals surface area contributed by atoms with Crippen molar-refractivity contribution >= 4 is 0 Å². The maximum atomic E-state index is 4.50. The van der Waals surface area contributed by atoms with Gasteiger partial charge in [0.25, 0.3) is 0 Å². The van der Waals surface area contributed by atoms with Crippen molar-refractivity contribution in [3.8, 4) is 0 Å².